The number of nitrogens with zero attached hydrogens (tertiary/aromatic N) is 2. The number of halogens is 3. The molecule has 0 atom stereocenters. The van der Waals surface area contributed by atoms with Crippen molar-refractivity contribution in [1.82, 2.24) is 4.90 Å². The quantitative estimate of drug-likeness (QED) is 0.545. The molecule has 1 saturated heterocycles. The number of amides is 1. The monoisotopic (exact) mass is 471 g/mol. The van der Waals surface area contributed by atoms with Crippen LogP contribution < -0.4 is 10.2 Å². The Morgan fingerprint density at radius 1 is 0.970 bits per heavy atom. The van der Waals surface area contributed by atoms with Crippen molar-refractivity contribution in [3.63, 3.8) is 0 Å². The van der Waals surface area contributed by atoms with Gasteiger partial charge in [0.15, 0.2) is 0 Å². The number of carbonyl (C=O) groups is 1. The number of alkyl halides is 3. The van der Waals surface area contributed by atoms with Gasteiger partial charge >= 0.3 is 6.18 Å². The Morgan fingerprint density at radius 3 is 2.45 bits per heavy atom. The number of anilines is 2. The van der Waals surface area contributed by atoms with Gasteiger partial charge < -0.3 is 15.1 Å². The minimum atomic E-state index is -4.57. The Balaban J connectivity index is 1.41. The Bertz CT molecular complexity index is 1200. The molecule has 2 aromatic carbocycles. The van der Waals surface area contributed by atoms with Crippen molar-refractivity contribution in [3.05, 3.63) is 70.1 Å². The number of carbonyl (C=O) groups excluding carboxylic acids is 1. The molecule has 1 amide bonds. The first-order valence-corrected chi connectivity index (χ1v) is 11.8. The average molecular weight is 472 g/mol. The lowest BCUT2D eigenvalue weighted by atomic mass is 9.91. The van der Waals surface area contributed by atoms with E-state index in [4.69, 9.17) is 0 Å². The summed E-state index contributed by atoms with van der Waals surface area (Å²) in [5, 5.41) is 2.53. The lowest BCUT2D eigenvalue weighted by molar-refractivity contribution is -0.136. The summed E-state index contributed by atoms with van der Waals surface area (Å²) < 4.78 is 41.7. The van der Waals surface area contributed by atoms with Gasteiger partial charge in [0.05, 0.1) is 16.1 Å². The SMILES string of the molecule is CN1CCN(c2ccc(NC(=O)c3cc4c(s3)-c3ccccc3CC4)c(C(F)(F)F)c2)CC1. The number of piperazine rings is 1. The van der Waals surface area contributed by atoms with Crippen molar-refractivity contribution in [2.45, 2.75) is 19.0 Å². The van der Waals surface area contributed by atoms with E-state index in [0.717, 1.165) is 48.0 Å². The zero-order valence-corrected chi connectivity index (χ0v) is 19.0. The van der Waals surface area contributed by atoms with Crippen molar-refractivity contribution in [1.29, 1.82) is 0 Å². The Hall–Kier alpha value is -2.84. The second-order valence-corrected chi connectivity index (χ2v) is 9.65. The van der Waals surface area contributed by atoms with E-state index in [9.17, 15) is 18.0 Å². The molecular formula is C25H24F3N3OS. The van der Waals surface area contributed by atoms with Gasteiger partial charge in [-0.15, -0.1) is 11.3 Å². The third-order valence-corrected chi connectivity index (χ3v) is 7.59. The summed E-state index contributed by atoms with van der Waals surface area (Å²) >= 11 is 1.34. The zero-order valence-electron chi connectivity index (χ0n) is 18.2. The predicted octanol–water partition coefficient (Wildman–Crippen LogP) is 5.54. The summed E-state index contributed by atoms with van der Waals surface area (Å²) in [5.74, 6) is -0.510. The van der Waals surface area contributed by atoms with Gasteiger partial charge in [-0.3, -0.25) is 4.79 Å². The van der Waals surface area contributed by atoms with Gasteiger partial charge in [0, 0.05) is 36.7 Å². The van der Waals surface area contributed by atoms with Crippen LogP contribution in [0.25, 0.3) is 10.4 Å². The highest BCUT2D eigenvalue weighted by Crippen LogP contribution is 2.41. The highest BCUT2D eigenvalue weighted by molar-refractivity contribution is 7.17. The first-order chi connectivity index (χ1) is 15.8. The molecule has 2 heterocycles. The van der Waals surface area contributed by atoms with E-state index in [2.05, 4.69) is 16.3 Å². The minimum absolute atomic E-state index is 0.211. The topological polar surface area (TPSA) is 35.6 Å². The van der Waals surface area contributed by atoms with E-state index in [1.165, 1.54) is 23.0 Å². The maximum Gasteiger partial charge on any atom is 0.418 e. The van der Waals surface area contributed by atoms with E-state index in [1.54, 1.807) is 6.07 Å². The van der Waals surface area contributed by atoms with Crippen LogP contribution in [0.4, 0.5) is 24.5 Å². The van der Waals surface area contributed by atoms with Crippen LogP contribution in [0.5, 0.6) is 0 Å². The molecule has 0 radical (unpaired) electrons. The number of thiophene rings is 1. The van der Waals surface area contributed by atoms with Crippen LogP contribution in [0.2, 0.25) is 0 Å². The number of benzene rings is 2. The molecule has 172 valence electrons. The van der Waals surface area contributed by atoms with Crippen LogP contribution in [0.3, 0.4) is 0 Å². The molecule has 3 aromatic rings. The number of hydrogen-bond donors (Lipinski definition) is 1. The largest absolute Gasteiger partial charge is 0.418 e. The second-order valence-electron chi connectivity index (χ2n) is 8.59. The third-order valence-electron chi connectivity index (χ3n) is 6.38. The number of rotatable bonds is 3. The molecule has 2 aliphatic rings. The van der Waals surface area contributed by atoms with E-state index < -0.39 is 17.6 Å². The van der Waals surface area contributed by atoms with Crippen LogP contribution in [-0.2, 0) is 19.0 Å². The summed E-state index contributed by atoms with van der Waals surface area (Å²) in [4.78, 5) is 18.5. The number of fused-ring (bicyclic) bond motifs is 3. The van der Waals surface area contributed by atoms with Crippen molar-refractivity contribution >= 4 is 28.6 Å². The molecule has 1 aliphatic heterocycles. The van der Waals surface area contributed by atoms with Crippen molar-refractivity contribution in [2.75, 3.05) is 43.4 Å². The number of hydrogen-bond acceptors (Lipinski definition) is 4. The number of likely N-dealkylation sites (N-methyl/N-ethyl adjacent to an activating group) is 1. The van der Waals surface area contributed by atoms with Gasteiger partial charge in [-0.25, -0.2) is 0 Å². The Labute approximate surface area is 194 Å². The standard InChI is InChI=1S/C25H24F3N3OS/c1-30-10-12-31(13-11-30)18-8-9-21(20(15-18)25(26,27)28)29-24(32)22-14-17-7-6-16-4-2-3-5-19(16)23(17)33-22/h2-5,8-9,14-15H,6-7,10-13H2,1H3,(H,29,32). The molecule has 0 bridgehead atoms. The summed E-state index contributed by atoms with van der Waals surface area (Å²) in [7, 11) is 2.00. The van der Waals surface area contributed by atoms with Gasteiger partial charge in [0.25, 0.3) is 5.91 Å². The van der Waals surface area contributed by atoms with Gasteiger partial charge in [-0.2, -0.15) is 13.2 Å². The molecule has 1 fully saturated rings. The van der Waals surface area contributed by atoms with Crippen molar-refractivity contribution in [3.8, 4) is 10.4 Å². The van der Waals surface area contributed by atoms with Crippen LogP contribution in [0, 0.1) is 0 Å². The second kappa shape index (κ2) is 8.50. The third kappa shape index (κ3) is 4.37. The summed E-state index contributed by atoms with van der Waals surface area (Å²) in [6.07, 6.45) is -2.85. The Morgan fingerprint density at radius 2 is 1.70 bits per heavy atom. The van der Waals surface area contributed by atoms with E-state index in [0.29, 0.717) is 23.7 Å². The summed E-state index contributed by atoms with van der Waals surface area (Å²) in [5.41, 5.74) is 2.91. The lowest BCUT2D eigenvalue weighted by Crippen LogP contribution is -2.44. The molecular weight excluding hydrogens is 447 g/mol. The average Bonchev–Trinajstić information content (AvgIpc) is 3.24. The highest BCUT2D eigenvalue weighted by Gasteiger charge is 2.35. The number of aryl methyl sites for hydroxylation is 2. The van der Waals surface area contributed by atoms with E-state index in [1.807, 2.05) is 36.2 Å². The summed E-state index contributed by atoms with van der Waals surface area (Å²) in [6, 6.07) is 14.1. The van der Waals surface area contributed by atoms with Crippen molar-refractivity contribution < 1.29 is 18.0 Å². The van der Waals surface area contributed by atoms with Crippen LogP contribution in [-0.4, -0.2) is 44.0 Å². The van der Waals surface area contributed by atoms with Gasteiger partial charge in [-0.05, 0) is 60.8 Å². The molecule has 8 heteroatoms. The molecule has 5 rings (SSSR count). The normalized spacial score (nSPS) is 16.3. The molecule has 1 aliphatic carbocycles. The van der Waals surface area contributed by atoms with E-state index in [-0.39, 0.29) is 5.69 Å². The van der Waals surface area contributed by atoms with E-state index >= 15 is 0 Å². The molecule has 0 spiro atoms. The van der Waals surface area contributed by atoms with Crippen LogP contribution >= 0.6 is 11.3 Å². The molecule has 1 aromatic heterocycles. The fraction of sp³-hybridized carbons (Fsp3) is 0.320. The maximum atomic E-state index is 13.9. The van der Waals surface area contributed by atoms with Gasteiger partial charge in [0.2, 0.25) is 0 Å². The smallest absolute Gasteiger partial charge is 0.369 e. The minimum Gasteiger partial charge on any atom is -0.369 e. The van der Waals surface area contributed by atoms with Crippen LogP contribution in [0.1, 0.15) is 26.4 Å². The number of nitrogens with one attached hydrogen (secondary N) is 1. The zero-order chi connectivity index (χ0) is 23.2. The highest BCUT2D eigenvalue weighted by atomic mass is 32.1. The van der Waals surface area contributed by atoms with Gasteiger partial charge in [-0.1, -0.05) is 24.3 Å². The molecule has 0 saturated carbocycles. The fourth-order valence-electron chi connectivity index (χ4n) is 4.50. The maximum absolute atomic E-state index is 13.9. The van der Waals surface area contributed by atoms with Gasteiger partial charge in [0.1, 0.15) is 0 Å². The van der Waals surface area contributed by atoms with Crippen LogP contribution in [0.15, 0.2) is 48.5 Å². The molecule has 4 nitrogen and oxygen atoms in total. The van der Waals surface area contributed by atoms with Crippen molar-refractivity contribution in [2.24, 2.45) is 0 Å². The molecule has 1 N–H and O–H groups in total. The fourth-order valence-corrected chi connectivity index (χ4v) is 5.67. The lowest BCUT2D eigenvalue weighted by Gasteiger charge is -2.34. The Kier molecular flexibility index (Phi) is 5.66. The molecule has 0 unspecified atom stereocenters. The summed E-state index contributed by atoms with van der Waals surface area (Å²) in [6.45, 7) is 2.93. The molecule has 33 heavy (non-hydrogen) atoms. The first-order valence-electron chi connectivity index (χ1n) is 11.0. The predicted molar refractivity (Wildman–Crippen MR) is 126 cm³/mol. The first kappa shape index (κ1) is 22.0.